The molecule has 0 radical (unpaired) electrons. The average Bonchev–Trinajstić information content (AvgIpc) is 2.41. The van der Waals surface area contributed by atoms with Gasteiger partial charge in [0.15, 0.2) is 5.82 Å². The van der Waals surface area contributed by atoms with Crippen molar-refractivity contribution in [1.82, 2.24) is 0 Å². The predicted molar refractivity (Wildman–Crippen MR) is 54.8 cm³/mol. The van der Waals surface area contributed by atoms with E-state index in [1.54, 1.807) is 0 Å². The van der Waals surface area contributed by atoms with E-state index in [4.69, 9.17) is 0 Å². The van der Waals surface area contributed by atoms with E-state index in [-0.39, 0.29) is 15.7 Å². The number of carbonyl (C=O) groups excluding carboxylic acids is 2. The van der Waals surface area contributed by atoms with Gasteiger partial charge in [0.05, 0.1) is 15.7 Å². The van der Waals surface area contributed by atoms with E-state index in [0.29, 0.717) is 4.47 Å². The van der Waals surface area contributed by atoms with Crippen molar-refractivity contribution in [2.24, 2.45) is 0 Å². The second kappa shape index (κ2) is 3.13. The van der Waals surface area contributed by atoms with Gasteiger partial charge in [-0.15, -0.1) is 0 Å². The predicted octanol–water partition coefficient (Wildman–Crippen LogP) is 2.49. The van der Waals surface area contributed by atoms with E-state index in [2.05, 4.69) is 37.2 Å². The quantitative estimate of drug-likeness (QED) is 0.589. The minimum absolute atomic E-state index is 0.146. The molecule has 0 spiro atoms. The molecule has 3 nitrogen and oxygen atoms in total. The van der Waals surface area contributed by atoms with Gasteiger partial charge in [0, 0.05) is 4.47 Å². The zero-order valence-corrected chi connectivity index (χ0v) is 9.70. The number of nitrogens with one attached hydrogen (secondary N) is 1. The average molecular weight is 323 g/mol. The number of amides is 1. The lowest BCUT2D eigenvalue weighted by Gasteiger charge is -2.03. The summed E-state index contributed by atoms with van der Waals surface area (Å²) in [6, 6.07) is 1.44. The maximum Gasteiger partial charge on any atom is 0.297 e. The Kier molecular flexibility index (Phi) is 2.19. The Morgan fingerprint density at radius 2 is 1.86 bits per heavy atom. The summed E-state index contributed by atoms with van der Waals surface area (Å²) < 4.78 is 14.0. The lowest BCUT2D eigenvalue weighted by Crippen LogP contribution is -2.13. The number of carbonyl (C=O) groups is 2. The molecule has 0 aliphatic carbocycles. The Bertz CT molecular complexity index is 473. The molecule has 1 aliphatic rings. The maximum atomic E-state index is 13.4. The molecule has 72 valence electrons. The van der Waals surface area contributed by atoms with Gasteiger partial charge in [-0.25, -0.2) is 4.39 Å². The van der Waals surface area contributed by atoms with Crippen molar-refractivity contribution in [2.75, 3.05) is 5.32 Å². The molecule has 14 heavy (non-hydrogen) atoms. The Morgan fingerprint density at radius 1 is 1.21 bits per heavy atom. The van der Waals surface area contributed by atoms with Gasteiger partial charge in [0.25, 0.3) is 11.7 Å². The van der Waals surface area contributed by atoms with E-state index in [9.17, 15) is 14.0 Å². The molecule has 0 aromatic heterocycles. The molecule has 0 atom stereocenters. The summed E-state index contributed by atoms with van der Waals surface area (Å²) in [5.41, 5.74) is -0.0167. The van der Waals surface area contributed by atoms with Gasteiger partial charge in [-0.2, -0.15) is 0 Å². The first-order valence-electron chi connectivity index (χ1n) is 3.55. The number of ketones is 1. The molecule has 0 unspecified atom stereocenters. The fourth-order valence-corrected chi connectivity index (χ4v) is 2.48. The van der Waals surface area contributed by atoms with E-state index < -0.39 is 17.5 Å². The summed E-state index contributed by atoms with van der Waals surface area (Å²) in [7, 11) is 0. The molecule has 1 aromatic rings. The van der Waals surface area contributed by atoms with Crippen molar-refractivity contribution in [3.05, 3.63) is 26.4 Å². The van der Waals surface area contributed by atoms with Crippen LogP contribution < -0.4 is 5.32 Å². The minimum atomic E-state index is -0.848. The number of hydrogen-bond acceptors (Lipinski definition) is 2. The van der Waals surface area contributed by atoms with Gasteiger partial charge in [0.1, 0.15) is 0 Å². The van der Waals surface area contributed by atoms with Crippen molar-refractivity contribution < 1.29 is 14.0 Å². The van der Waals surface area contributed by atoms with Crippen LogP contribution in [0.5, 0.6) is 0 Å². The highest BCUT2D eigenvalue weighted by Gasteiger charge is 2.34. The second-order valence-electron chi connectivity index (χ2n) is 2.69. The van der Waals surface area contributed by atoms with Gasteiger partial charge < -0.3 is 5.32 Å². The van der Waals surface area contributed by atoms with Gasteiger partial charge in [-0.05, 0) is 37.9 Å². The van der Waals surface area contributed by atoms with E-state index in [0.717, 1.165) is 0 Å². The SMILES string of the molecule is O=C1Nc2c(Br)cc(Br)c(F)c2C1=O. The number of halogens is 3. The smallest absolute Gasteiger partial charge is 0.297 e. The molecule has 0 fully saturated rings. The molecule has 0 saturated heterocycles. The van der Waals surface area contributed by atoms with Crippen LogP contribution in [0, 0.1) is 5.82 Å². The molecule has 1 amide bonds. The molecule has 1 aliphatic heterocycles. The van der Waals surface area contributed by atoms with Crippen LogP contribution in [0.2, 0.25) is 0 Å². The summed E-state index contributed by atoms with van der Waals surface area (Å²) in [4.78, 5) is 22.2. The Morgan fingerprint density at radius 3 is 2.50 bits per heavy atom. The molecule has 1 aromatic carbocycles. The number of benzene rings is 1. The van der Waals surface area contributed by atoms with E-state index in [1.807, 2.05) is 0 Å². The minimum Gasteiger partial charge on any atom is -0.317 e. The Hall–Kier alpha value is -0.750. The molecular formula is C8H2Br2FNO2. The third-order valence-electron chi connectivity index (χ3n) is 1.84. The third-order valence-corrected chi connectivity index (χ3v) is 3.05. The number of hydrogen-bond donors (Lipinski definition) is 1. The van der Waals surface area contributed by atoms with Crippen molar-refractivity contribution in [2.45, 2.75) is 0 Å². The Labute approximate surface area is 94.9 Å². The zero-order chi connectivity index (χ0) is 10.5. The van der Waals surface area contributed by atoms with Crippen LogP contribution in [0.1, 0.15) is 10.4 Å². The summed E-state index contributed by atoms with van der Waals surface area (Å²) in [5.74, 6) is -2.37. The Balaban J connectivity index is 2.80. The van der Waals surface area contributed by atoms with Crippen molar-refractivity contribution in [3.63, 3.8) is 0 Å². The first-order valence-corrected chi connectivity index (χ1v) is 5.14. The lowest BCUT2D eigenvalue weighted by atomic mass is 10.1. The van der Waals surface area contributed by atoms with Crippen molar-refractivity contribution in [1.29, 1.82) is 0 Å². The molecule has 1 N–H and O–H groups in total. The first-order chi connectivity index (χ1) is 6.52. The standard InChI is InChI=1S/C8H2Br2FNO2/c9-2-1-3(10)6-4(5(2)11)7(13)8(14)12-6/h1H,(H,12,13,14). The fraction of sp³-hybridized carbons (Fsp3) is 0. The monoisotopic (exact) mass is 321 g/mol. The van der Waals surface area contributed by atoms with Gasteiger partial charge >= 0.3 is 0 Å². The highest BCUT2D eigenvalue weighted by atomic mass is 79.9. The van der Waals surface area contributed by atoms with Crippen LogP contribution >= 0.6 is 31.9 Å². The van der Waals surface area contributed by atoms with Crippen LogP contribution in [0.3, 0.4) is 0 Å². The summed E-state index contributed by atoms with van der Waals surface area (Å²) in [6.07, 6.45) is 0. The molecule has 2 rings (SSSR count). The highest BCUT2D eigenvalue weighted by molar-refractivity contribution is 9.11. The van der Waals surface area contributed by atoms with Crippen LogP contribution in [0.25, 0.3) is 0 Å². The summed E-state index contributed by atoms with van der Waals surface area (Å²) in [6.45, 7) is 0. The van der Waals surface area contributed by atoms with Crippen LogP contribution in [0.15, 0.2) is 15.0 Å². The summed E-state index contributed by atoms with van der Waals surface area (Å²) >= 11 is 6.07. The maximum absolute atomic E-state index is 13.4. The largest absolute Gasteiger partial charge is 0.317 e. The normalized spacial score (nSPS) is 14.2. The second-order valence-corrected chi connectivity index (χ2v) is 4.40. The van der Waals surface area contributed by atoms with Crippen LogP contribution in [-0.4, -0.2) is 11.7 Å². The lowest BCUT2D eigenvalue weighted by molar-refractivity contribution is -0.112. The number of anilines is 1. The summed E-state index contributed by atoms with van der Waals surface area (Å²) in [5, 5.41) is 2.29. The third kappa shape index (κ3) is 1.21. The van der Waals surface area contributed by atoms with E-state index in [1.165, 1.54) is 6.07 Å². The topological polar surface area (TPSA) is 46.2 Å². The van der Waals surface area contributed by atoms with Crippen molar-refractivity contribution in [3.8, 4) is 0 Å². The van der Waals surface area contributed by atoms with Crippen LogP contribution in [0.4, 0.5) is 10.1 Å². The van der Waals surface area contributed by atoms with Crippen molar-refractivity contribution >= 4 is 49.2 Å². The van der Waals surface area contributed by atoms with E-state index >= 15 is 0 Å². The molecule has 0 saturated carbocycles. The zero-order valence-electron chi connectivity index (χ0n) is 6.53. The van der Waals surface area contributed by atoms with Gasteiger partial charge in [-0.3, -0.25) is 9.59 Å². The molecular weight excluding hydrogens is 321 g/mol. The highest BCUT2D eigenvalue weighted by Crippen LogP contribution is 2.37. The number of Topliss-reactive ketones (excluding diaryl/α,β-unsaturated/α-hetero) is 1. The van der Waals surface area contributed by atoms with Gasteiger partial charge in [-0.1, -0.05) is 0 Å². The molecule has 1 heterocycles. The first kappa shape index (κ1) is 9.79. The number of rotatable bonds is 0. The van der Waals surface area contributed by atoms with Gasteiger partial charge in [0.2, 0.25) is 0 Å². The fourth-order valence-electron chi connectivity index (χ4n) is 1.21. The van der Waals surface area contributed by atoms with Crippen LogP contribution in [-0.2, 0) is 4.79 Å². The molecule has 0 bridgehead atoms. The number of fused-ring (bicyclic) bond motifs is 1. The molecule has 6 heteroatoms.